The van der Waals surface area contributed by atoms with Crippen molar-refractivity contribution < 1.29 is 14.7 Å². The van der Waals surface area contributed by atoms with Crippen molar-refractivity contribution in [2.75, 3.05) is 0 Å². The van der Waals surface area contributed by atoms with Crippen LogP contribution in [0.1, 0.15) is 29.4 Å². The number of hydrogen-bond donors (Lipinski definition) is 2. The Balaban J connectivity index is 2.40. The Morgan fingerprint density at radius 3 is 2.52 bits per heavy atom. The van der Waals surface area contributed by atoms with E-state index in [1.165, 1.54) is 16.8 Å². The van der Waals surface area contributed by atoms with Crippen LogP contribution in [-0.2, 0) is 10.3 Å². The highest BCUT2D eigenvalue weighted by atomic mass is 35.5. The van der Waals surface area contributed by atoms with Crippen molar-refractivity contribution in [1.82, 2.24) is 10.3 Å². The average molecular weight is 325 g/mol. The van der Waals surface area contributed by atoms with E-state index in [-0.39, 0.29) is 12.1 Å². The summed E-state index contributed by atoms with van der Waals surface area (Å²) in [6, 6.07) is 6.39. The van der Waals surface area contributed by atoms with Crippen molar-refractivity contribution in [2.45, 2.75) is 18.9 Å². The highest BCUT2D eigenvalue weighted by molar-refractivity contribution is 7.07. The number of halogens is 1. The van der Waals surface area contributed by atoms with Crippen LogP contribution in [0.5, 0.6) is 0 Å². The number of carbonyl (C=O) groups is 2. The number of hydrogen-bond acceptors (Lipinski definition) is 4. The number of carboxylic acid groups (broad SMARTS) is 1. The molecule has 110 valence electrons. The van der Waals surface area contributed by atoms with E-state index in [9.17, 15) is 14.7 Å². The zero-order chi connectivity index (χ0) is 15.5. The molecule has 1 atom stereocenters. The molecule has 0 spiro atoms. The molecule has 0 fully saturated rings. The lowest BCUT2D eigenvalue weighted by atomic mass is 9.87. The lowest BCUT2D eigenvalue weighted by Gasteiger charge is -2.29. The minimum absolute atomic E-state index is 0.194. The van der Waals surface area contributed by atoms with Gasteiger partial charge in [0.1, 0.15) is 5.69 Å². The first-order chi connectivity index (χ1) is 9.99. The zero-order valence-corrected chi connectivity index (χ0v) is 12.7. The van der Waals surface area contributed by atoms with Gasteiger partial charge in [0, 0.05) is 10.4 Å². The Bertz CT molecular complexity index is 643. The number of aromatic nitrogens is 1. The van der Waals surface area contributed by atoms with Gasteiger partial charge in [-0.1, -0.05) is 30.7 Å². The van der Waals surface area contributed by atoms with Gasteiger partial charge < -0.3 is 10.4 Å². The normalized spacial score (nSPS) is 13.4. The molecular weight excluding hydrogens is 312 g/mol. The third-order valence-corrected chi connectivity index (χ3v) is 4.06. The monoisotopic (exact) mass is 324 g/mol. The van der Waals surface area contributed by atoms with Crippen LogP contribution >= 0.6 is 22.9 Å². The molecule has 1 aromatic carbocycles. The van der Waals surface area contributed by atoms with E-state index in [1.54, 1.807) is 36.6 Å². The molecule has 1 unspecified atom stereocenters. The van der Waals surface area contributed by atoms with Gasteiger partial charge in [0.05, 0.1) is 5.51 Å². The standard InChI is InChI=1S/C14H13ClN2O3S/c1-2-14(13(19)20,9-3-5-10(15)6-4-9)17-12(18)11-7-21-8-16-11/h3-8H,2H2,1H3,(H,17,18)(H,19,20). The summed E-state index contributed by atoms with van der Waals surface area (Å²) in [6.07, 6.45) is 0.194. The summed E-state index contributed by atoms with van der Waals surface area (Å²) in [5, 5.41) is 14.3. The Kier molecular flexibility index (Phi) is 4.59. The largest absolute Gasteiger partial charge is 0.479 e. The highest BCUT2D eigenvalue weighted by Gasteiger charge is 2.40. The molecule has 0 bridgehead atoms. The summed E-state index contributed by atoms with van der Waals surface area (Å²) < 4.78 is 0. The molecule has 5 nitrogen and oxygen atoms in total. The van der Waals surface area contributed by atoms with E-state index in [0.717, 1.165) is 0 Å². The molecule has 2 N–H and O–H groups in total. The molecule has 1 amide bonds. The molecule has 0 radical (unpaired) electrons. The summed E-state index contributed by atoms with van der Waals surface area (Å²) in [7, 11) is 0. The van der Waals surface area contributed by atoms with Gasteiger partial charge in [0.2, 0.25) is 0 Å². The van der Waals surface area contributed by atoms with Gasteiger partial charge in [-0.25, -0.2) is 9.78 Å². The van der Waals surface area contributed by atoms with Crippen molar-refractivity contribution in [3.8, 4) is 0 Å². The van der Waals surface area contributed by atoms with E-state index < -0.39 is 17.4 Å². The number of carboxylic acids is 1. The second-order valence-electron chi connectivity index (χ2n) is 4.40. The van der Waals surface area contributed by atoms with Crippen LogP contribution in [0.3, 0.4) is 0 Å². The van der Waals surface area contributed by atoms with Gasteiger partial charge in [-0.3, -0.25) is 4.79 Å². The molecule has 0 aliphatic heterocycles. The van der Waals surface area contributed by atoms with Crippen LogP contribution in [0.2, 0.25) is 5.02 Å². The number of benzene rings is 1. The number of aliphatic carboxylic acids is 1. The fourth-order valence-electron chi connectivity index (χ4n) is 2.01. The van der Waals surface area contributed by atoms with E-state index in [4.69, 9.17) is 11.6 Å². The van der Waals surface area contributed by atoms with Gasteiger partial charge >= 0.3 is 5.97 Å². The summed E-state index contributed by atoms with van der Waals surface area (Å²) in [5.74, 6) is -1.65. The van der Waals surface area contributed by atoms with Gasteiger partial charge in [-0.2, -0.15) is 0 Å². The van der Waals surface area contributed by atoms with Gasteiger partial charge in [0.25, 0.3) is 5.91 Å². The van der Waals surface area contributed by atoms with Crippen LogP contribution in [0.4, 0.5) is 0 Å². The SMILES string of the molecule is CCC(NC(=O)c1cscn1)(C(=O)O)c1ccc(Cl)cc1. The second-order valence-corrected chi connectivity index (χ2v) is 5.55. The molecule has 2 rings (SSSR count). The molecule has 1 aromatic heterocycles. The molecule has 21 heavy (non-hydrogen) atoms. The maximum Gasteiger partial charge on any atom is 0.334 e. The Morgan fingerprint density at radius 1 is 1.38 bits per heavy atom. The molecule has 7 heteroatoms. The summed E-state index contributed by atoms with van der Waals surface area (Å²) in [5.41, 5.74) is 0.676. The molecule has 1 heterocycles. The lowest BCUT2D eigenvalue weighted by molar-refractivity contribution is -0.145. The Labute approximate surface area is 130 Å². The Morgan fingerprint density at radius 2 is 2.05 bits per heavy atom. The summed E-state index contributed by atoms with van der Waals surface area (Å²) in [6.45, 7) is 1.70. The predicted molar refractivity (Wildman–Crippen MR) is 80.6 cm³/mol. The minimum atomic E-state index is -1.51. The number of rotatable bonds is 5. The van der Waals surface area contributed by atoms with E-state index >= 15 is 0 Å². The minimum Gasteiger partial charge on any atom is -0.479 e. The molecular formula is C14H13ClN2O3S. The van der Waals surface area contributed by atoms with Crippen molar-refractivity contribution >= 4 is 34.8 Å². The van der Waals surface area contributed by atoms with E-state index in [1.807, 2.05) is 0 Å². The van der Waals surface area contributed by atoms with E-state index in [0.29, 0.717) is 10.6 Å². The fraction of sp³-hybridized carbons (Fsp3) is 0.214. The van der Waals surface area contributed by atoms with Crippen LogP contribution in [-0.4, -0.2) is 22.0 Å². The maximum absolute atomic E-state index is 12.2. The topological polar surface area (TPSA) is 79.3 Å². The highest BCUT2D eigenvalue weighted by Crippen LogP contribution is 2.27. The first-order valence-corrected chi connectivity index (χ1v) is 7.52. The first-order valence-electron chi connectivity index (χ1n) is 6.19. The third-order valence-electron chi connectivity index (χ3n) is 3.22. The first kappa shape index (κ1) is 15.5. The smallest absolute Gasteiger partial charge is 0.334 e. The quantitative estimate of drug-likeness (QED) is 0.886. The number of nitrogens with one attached hydrogen (secondary N) is 1. The molecule has 0 aliphatic rings. The van der Waals surface area contributed by atoms with Crippen LogP contribution in [0.25, 0.3) is 0 Å². The zero-order valence-electron chi connectivity index (χ0n) is 11.2. The summed E-state index contributed by atoms with van der Waals surface area (Å²) in [4.78, 5) is 27.8. The predicted octanol–water partition coefficient (Wildman–Crippen LogP) is 2.92. The number of carbonyl (C=O) groups excluding carboxylic acids is 1. The number of thiazole rings is 1. The molecule has 2 aromatic rings. The number of nitrogens with zero attached hydrogens (tertiary/aromatic N) is 1. The van der Waals surface area contributed by atoms with Crippen molar-refractivity contribution in [1.29, 1.82) is 0 Å². The molecule has 0 aliphatic carbocycles. The van der Waals surface area contributed by atoms with Crippen molar-refractivity contribution in [3.05, 3.63) is 51.4 Å². The number of amides is 1. The van der Waals surface area contributed by atoms with E-state index in [2.05, 4.69) is 10.3 Å². The lowest BCUT2D eigenvalue weighted by Crippen LogP contribution is -2.51. The molecule has 0 saturated heterocycles. The van der Waals surface area contributed by atoms with Crippen LogP contribution in [0.15, 0.2) is 35.2 Å². The van der Waals surface area contributed by atoms with Crippen LogP contribution < -0.4 is 5.32 Å². The summed E-state index contributed by atoms with van der Waals surface area (Å²) >= 11 is 7.10. The van der Waals surface area contributed by atoms with Crippen molar-refractivity contribution in [3.63, 3.8) is 0 Å². The van der Waals surface area contributed by atoms with Gasteiger partial charge in [-0.05, 0) is 24.1 Å². The van der Waals surface area contributed by atoms with Crippen LogP contribution in [0, 0.1) is 0 Å². The fourth-order valence-corrected chi connectivity index (χ4v) is 2.67. The molecule has 0 saturated carbocycles. The Hall–Kier alpha value is -1.92. The second kappa shape index (κ2) is 6.24. The average Bonchev–Trinajstić information content (AvgIpc) is 2.99. The third kappa shape index (κ3) is 3.06. The maximum atomic E-state index is 12.2. The van der Waals surface area contributed by atoms with Gasteiger partial charge in [0.15, 0.2) is 5.54 Å². The van der Waals surface area contributed by atoms with Gasteiger partial charge in [-0.15, -0.1) is 11.3 Å². The van der Waals surface area contributed by atoms with Crippen molar-refractivity contribution in [2.24, 2.45) is 0 Å².